The van der Waals surface area contributed by atoms with E-state index in [1.54, 1.807) is 0 Å². The van der Waals surface area contributed by atoms with Gasteiger partial charge in [0.2, 0.25) is 0 Å². The van der Waals surface area contributed by atoms with Crippen molar-refractivity contribution in [2.24, 2.45) is 0 Å². The van der Waals surface area contributed by atoms with Gasteiger partial charge in [-0.1, -0.05) is 69.6 Å². The highest BCUT2D eigenvalue weighted by molar-refractivity contribution is 7.99. The van der Waals surface area contributed by atoms with E-state index in [0.717, 1.165) is 0 Å². The van der Waals surface area contributed by atoms with E-state index in [1.807, 2.05) is 0 Å². The summed E-state index contributed by atoms with van der Waals surface area (Å²) in [5, 5.41) is -0.465. The number of halogens is 8. The van der Waals surface area contributed by atoms with Crippen molar-refractivity contribution in [1.29, 1.82) is 0 Å². The predicted octanol–water partition coefficient (Wildman–Crippen LogP) is 6.46. The van der Waals surface area contributed by atoms with Gasteiger partial charge in [-0.25, -0.2) is 0 Å². The van der Waals surface area contributed by atoms with Crippen molar-refractivity contribution < 1.29 is 0 Å². The maximum atomic E-state index is 5.99. The first kappa shape index (κ1) is 19.7. The summed E-state index contributed by atoms with van der Waals surface area (Å²) >= 11 is 47.2. The van der Waals surface area contributed by atoms with Crippen LogP contribution in [0.3, 0.4) is 0 Å². The standard InChI is InChI=1S/C8H10Cl8S/c9-5(1-7(11,12)13)3-17-4-6(10)2-8(14,15)16/h5-6H,1-4H2. The zero-order valence-electron chi connectivity index (χ0n) is 8.42. The first-order valence-electron chi connectivity index (χ1n) is 4.49. The summed E-state index contributed by atoms with van der Waals surface area (Å²) in [6, 6.07) is 0. The molecule has 2 unspecified atom stereocenters. The third-order valence-electron chi connectivity index (χ3n) is 1.50. The molecule has 0 radical (unpaired) electrons. The van der Waals surface area contributed by atoms with Gasteiger partial charge in [0, 0.05) is 35.1 Å². The number of alkyl halides is 8. The number of rotatable bonds is 6. The van der Waals surface area contributed by atoms with Gasteiger partial charge in [0.25, 0.3) is 0 Å². The van der Waals surface area contributed by atoms with Crippen LogP contribution in [0.1, 0.15) is 12.8 Å². The van der Waals surface area contributed by atoms with Crippen LogP contribution in [0, 0.1) is 0 Å². The summed E-state index contributed by atoms with van der Waals surface area (Å²) in [5.41, 5.74) is 0. The Balaban J connectivity index is 3.70. The maximum absolute atomic E-state index is 5.99. The fourth-order valence-electron chi connectivity index (χ4n) is 0.944. The highest BCUT2D eigenvalue weighted by Gasteiger charge is 2.26. The normalized spacial score (nSPS) is 16.9. The quantitative estimate of drug-likeness (QED) is 0.444. The third kappa shape index (κ3) is 14.9. The molecule has 0 fully saturated rings. The lowest BCUT2D eigenvalue weighted by Crippen LogP contribution is -2.17. The molecule has 0 amide bonds. The smallest absolute Gasteiger partial charge is 0.159 e. The second-order valence-corrected chi connectivity index (χ2v) is 10.7. The number of thioether (sulfide) groups is 1. The van der Waals surface area contributed by atoms with E-state index < -0.39 is 7.59 Å². The Morgan fingerprint density at radius 3 is 1.24 bits per heavy atom. The molecule has 0 N–H and O–H groups in total. The Morgan fingerprint density at radius 1 is 0.706 bits per heavy atom. The monoisotopic (exact) mass is 418 g/mol. The molecule has 0 heterocycles. The Bertz CT molecular complexity index is 189. The summed E-state index contributed by atoms with van der Waals surface area (Å²) in [5.74, 6) is 1.25. The van der Waals surface area contributed by atoms with Crippen molar-refractivity contribution in [3.05, 3.63) is 0 Å². The number of hydrogen-bond donors (Lipinski definition) is 0. The van der Waals surface area contributed by atoms with Gasteiger partial charge in [-0.2, -0.15) is 11.8 Å². The molecular formula is C8H10Cl8S. The summed E-state index contributed by atoms with van der Waals surface area (Å²) in [6.07, 6.45) is 0.563. The van der Waals surface area contributed by atoms with Gasteiger partial charge >= 0.3 is 0 Å². The summed E-state index contributed by atoms with van der Waals surface area (Å²) in [4.78, 5) is 0. The van der Waals surface area contributed by atoms with Gasteiger partial charge < -0.3 is 0 Å². The Hall–Kier alpha value is 2.67. The van der Waals surface area contributed by atoms with Crippen LogP contribution in [-0.2, 0) is 0 Å². The molecule has 0 aliphatic carbocycles. The highest BCUT2D eigenvalue weighted by atomic mass is 35.6. The largest absolute Gasteiger partial charge is 0.192 e. The minimum Gasteiger partial charge on any atom is -0.159 e. The van der Waals surface area contributed by atoms with E-state index in [1.165, 1.54) is 11.8 Å². The summed E-state index contributed by atoms with van der Waals surface area (Å²) in [7, 11) is 0. The van der Waals surface area contributed by atoms with Gasteiger partial charge in [0.1, 0.15) is 0 Å². The Kier molecular flexibility index (Phi) is 10.2. The molecule has 0 spiro atoms. The topological polar surface area (TPSA) is 0 Å². The zero-order chi connectivity index (χ0) is 13.7. The lowest BCUT2D eigenvalue weighted by atomic mass is 10.3. The molecule has 0 saturated heterocycles. The zero-order valence-corrected chi connectivity index (χ0v) is 15.3. The van der Waals surface area contributed by atoms with Crippen LogP contribution in [0.25, 0.3) is 0 Å². The first-order valence-corrected chi connectivity index (χ1v) is 8.78. The van der Waals surface area contributed by atoms with Gasteiger partial charge in [-0.05, 0) is 0 Å². The van der Waals surface area contributed by atoms with Crippen LogP contribution in [-0.4, -0.2) is 29.8 Å². The van der Waals surface area contributed by atoms with E-state index in [-0.39, 0.29) is 23.6 Å². The third-order valence-corrected chi connectivity index (χ3v) is 4.69. The lowest BCUT2D eigenvalue weighted by Gasteiger charge is -2.17. The predicted molar refractivity (Wildman–Crippen MR) is 86.4 cm³/mol. The molecule has 0 nitrogen and oxygen atoms in total. The fourth-order valence-corrected chi connectivity index (χ4v) is 4.42. The highest BCUT2D eigenvalue weighted by Crippen LogP contribution is 2.35. The minimum atomic E-state index is -1.33. The first-order chi connectivity index (χ1) is 7.49. The Morgan fingerprint density at radius 2 is 1.00 bits per heavy atom. The summed E-state index contributed by atoms with van der Waals surface area (Å²) in [6.45, 7) is 0. The van der Waals surface area contributed by atoms with E-state index >= 15 is 0 Å². The molecule has 0 aromatic rings. The minimum absolute atomic E-state index is 0.232. The molecule has 17 heavy (non-hydrogen) atoms. The molecule has 0 aliphatic rings. The van der Waals surface area contributed by atoms with E-state index in [0.29, 0.717) is 11.5 Å². The maximum Gasteiger partial charge on any atom is 0.192 e. The van der Waals surface area contributed by atoms with Crippen molar-refractivity contribution in [3.63, 3.8) is 0 Å². The van der Waals surface area contributed by atoms with Crippen LogP contribution >= 0.6 is 105 Å². The molecule has 0 bridgehead atoms. The van der Waals surface area contributed by atoms with Crippen molar-refractivity contribution in [2.45, 2.75) is 31.2 Å². The average molecular weight is 422 g/mol. The molecule has 2 atom stereocenters. The summed E-state index contributed by atoms with van der Waals surface area (Å²) < 4.78 is -2.66. The molecule has 104 valence electrons. The Labute approximate surface area is 146 Å². The van der Waals surface area contributed by atoms with E-state index in [4.69, 9.17) is 92.8 Å². The van der Waals surface area contributed by atoms with Gasteiger partial charge in [0.15, 0.2) is 7.59 Å². The second-order valence-electron chi connectivity index (χ2n) is 3.37. The average Bonchev–Trinajstić information content (AvgIpc) is 1.95. The van der Waals surface area contributed by atoms with Crippen LogP contribution in [0.5, 0.6) is 0 Å². The van der Waals surface area contributed by atoms with Crippen molar-refractivity contribution in [2.75, 3.05) is 11.5 Å². The fraction of sp³-hybridized carbons (Fsp3) is 1.00. The van der Waals surface area contributed by atoms with Crippen LogP contribution in [0.4, 0.5) is 0 Å². The molecular weight excluding hydrogens is 412 g/mol. The van der Waals surface area contributed by atoms with Crippen molar-refractivity contribution in [3.8, 4) is 0 Å². The van der Waals surface area contributed by atoms with Crippen LogP contribution in [0.15, 0.2) is 0 Å². The molecule has 0 aliphatic heterocycles. The van der Waals surface area contributed by atoms with Crippen LogP contribution < -0.4 is 0 Å². The molecule has 0 aromatic carbocycles. The molecule has 0 aromatic heterocycles. The van der Waals surface area contributed by atoms with Crippen LogP contribution in [0.2, 0.25) is 0 Å². The van der Waals surface area contributed by atoms with Gasteiger partial charge in [-0.3, -0.25) is 0 Å². The molecule has 9 heteroatoms. The SMILES string of the molecule is ClC(CSCC(Cl)CC(Cl)(Cl)Cl)CC(Cl)(Cl)Cl. The van der Waals surface area contributed by atoms with E-state index in [9.17, 15) is 0 Å². The van der Waals surface area contributed by atoms with Gasteiger partial charge in [-0.15, -0.1) is 23.2 Å². The number of hydrogen-bond acceptors (Lipinski definition) is 1. The van der Waals surface area contributed by atoms with Gasteiger partial charge in [0.05, 0.1) is 0 Å². The molecule has 0 rings (SSSR count). The lowest BCUT2D eigenvalue weighted by molar-refractivity contribution is 0.826. The van der Waals surface area contributed by atoms with Crippen molar-refractivity contribution >= 4 is 105 Å². The van der Waals surface area contributed by atoms with E-state index in [2.05, 4.69) is 0 Å². The molecule has 0 saturated carbocycles. The van der Waals surface area contributed by atoms with Crippen molar-refractivity contribution in [1.82, 2.24) is 0 Å². The second kappa shape index (κ2) is 8.85.